The Kier molecular flexibility index (Phi) is 7.37. The van der Waals surface area contributed by atoms with Crippen molar-refractivity contribution in [2.24, 2.45) is 17.8 Å². The van der Waals surface area contributed by atoms with Crippen molar-refractivity contribution in [3.63, 3.8) is 0 Å². The van der Waals surface area contributed by atoms with E-state index in [4.69, 9.17) is 17.3 Å². The number of nitrogens with zero attached hydrogens (tertiary/aromatic N) is 5. The van der Waals surface area contributed by atoms with Crippen LogP contribution in [0, 0.1) is 0 Å². The number of hydrogen-bond acceptors (Lipinski definition) is 3. The second-order valence-electron chi connectivity index (χ2n) is 5.89. The summed E-state index contributed by atoms with van der Waals surface area (Å²) in [7, 11) is 1.94. The fraction of sp³-hybridized carbons (Fsp3) is 0.412. The van der Waals surface area contributed by atoms with Crippen molar-refractivity contribution in [3.05, 3.63) is 47.2 Å². The van der Waals surface area contributed by atoms with Gasteiger partial charge in [-0.25, -0.2) is 0 Å². The highest BCUT2D eigenvalue weighted by molar-refractivity contribution is 14.0. The highest BCUT2D eigenvalue weighted by Gasteiger charge is 2.18. The van der Waals surface area contributed by atoms with Crippen molar-refractivity contribution >= 4 is 47.2 Å². The third-order valence-corrected chi connectivity index (χ3v) is 4.61. The lowest BCUT2D eigenvalue weighted by molar-refractivity contribution is 0.381. The molecule has 1 aliphatic rings. The molecule has 25 heavy (non-hydrogen) atoms. The lowest BCUT2D eigenvalue weighted by atomic mass is 10.2. The molecule has 136 valence electrons. The summed E-state index contributed by atoms with van der Waals surface area (Å²) in [6.45, 7) is 4.30. The molecule has 2 N–H and O–H groups in total. The Hall–Kier alpha value is -1.48. The monoisotopic (exact) mass is 474 g/mol. The molecule has 0 atom stereocenters. The molecule has 0 unspecified atom stereocenters. The van der Waals surface area contributed by atoms with Crippen LogP contribution in [0.4, 0.5) is 5.69 Å². The first kappa shape index (κ1) is 19.8. The average Bonchev–Trinajstić information content (AvgIpc) is 3.01. The zero-order chi connectivity index (χ0) is 16.9. The maximum atomic E-state index is 6.15. The third-order valence-electron chi connectivity index (χ3n) is 4.36. The van der Waals surface area contributed by atoms with Crippen LogP contribution in [-0.4, -0.2) is 53.4 Å². The lowest BCUT2D eigenvalue weighted by Crippen LogP contribution is -2.51. The first-order valence-electron chi connectivity index (χ1n) is 8.16. The number of benzene rings is 1. The molecule has 1 aromatic carbocycles. The van der Waals surface area contributed by atoms with Crippen molar-refractivity contribution in [1.29, 1.82) is 0 Å². The second-order valence-corrected chi connectivity index (χ2v) is 6.32. The SMILES string of the molecule is Cn1nccc1CCN=C(N)N1CCN(c2ccc(Cl)cc2)CC1.I. The van der Waals surface area contributed by atoms with E-state index < -0.39 is 0 Å². The number of guanidine groups is 1. The van der Waals surface area contributed by atoms with Crippen LogP contribution in [0.25, 0.3) is 0 Å². The molecule has 3 rings (SSSR count). The number of aromatic nitrogens is 2. The summed E-state index contributed by atoms with van der Waals surface area (Å²) in [6, 6.07) is 9.98. The highest BCUT2D eigenvalue weighted by Crippen LogP contribution is 2.19. The number of anilines is 1. The second kappa shape index (κ2) is 9.28. The Balaban J connectivity index is 0.00000225. The maximum Gasteiger partial charge on any atom is 0.191 e. The quantitative estimate of drug-likeness (QED) is 0.420. The molecule has 0 bridgehead atoms. The van der Waals surface area contributed by atoms with Gasteiger partial charge in [0.15, 0.2) is 5.96 Å². The van der Waals surface area contributed by atoms with E-state index in [1.165, 1.54) is 11.4 Å². The van der Waals surface area contributed by atoms with E-state index in [-0.39, 0.29) is 24.0 Å². The zero-order valence-corrected chi connectivity index (χ0v) is 17.4. The van der Waals surface area contributed by atoms with Gasteiger partial charge in [-0.15, -0.1) is 24.0 Å². The molecule has 0 radical (unpaired) electrons. The third kappa shape index (κ3) is 5.24. The van der Waals surface area contributed by atoms with E-state index in [1.807, 2.05) is 29.9 Å². The van der Waals surface area contributed by atoms with E-state index in [2.05, 4.69) is 32.0 Å². The summed E-state index contributed by atoms with van der Waals surface area (Å²) in [5, 5.41) is 4.93. The minimum Gasteiger partial charge on any atom is -0.370 e. The average molecular weight is 475 g/mol. The van der Waals surface area contributed by atoms with E-state index >= 15 is 0 Å². The van der Waals surface area contributed by atoms with Gasteiger partial charge in [-0.1, -0.05) is 11.6 Å². The Morgan fingerprint density at radius 2 is 1.84 bits per heavy atom. The van der Waals surface area contributed by atoms with Crippen molar-refractivity contribution in [1.82, 2.24) is 14.7 Å². The van der Waals surface area contributed by atoms with Gasteiger partial charge < -0.3 is 15.5 Å². The summed E-state index contributed by atoms with van der Waals surface area (Å²) in [5.74, 6) is 0.632. The van der Waals surface area contributed by atoms with Crippen LogP contribution in [0.1, 0.15) is 5.69 Å². The van der Waals surface area contributed by atoms with Gasteiger partial charge in [-0.3, -0.25) is 9.67 Å². The summed E-state index contributed by atoms with van der Waals surface area (Å²) >= 11 is 5.95. The molecule has 1 aromatic heterocycles. The smallest absolute Gasteiger partial charge is 0.191 e. The van der Waals surface area contributed by atoms with E-state index in [0.717, 1.165) is 37.6 Å². The number of hydrogen-bond donors (Lipinski definition) is 1. The van der Waals surface area contributed by atoms with Gasteiger partial charge in [0.05, 0.1) is 0 Å². The van der Waals surface area contributed by atoms with Crippen molar-refractivity contribution in [3.8, 4) is 0 Å². The number of piperazine rings is 1. The molecule has 0 amide bonds. The van der Waals surface area contributed by atoms with E-state index in [0.29, 0.717) is 12.5 Å². The summed E-state index contributed by atoms with van der Waals surface area (Å²) in [4.78, 5) is 9.01. The molecule has 1 saturated heterocycles. The standard InChI is InChI=1S/C17H23ClN6.HI/c1-22-15(7-9-21-22)6-8-20-17(19)24-12-10-23(11-13-24)16-4-2-14(18)3-5-16;/h2-5,7,9H,6,8,10-13H2,1H3,(H2,19,20);1H. The molecular formula is C17H24ClIN6. The predicted octanol–water partition coefficient (Wildman–Crippen LogP) is 2.37. The minimum absolute atomic E-state index is 0. The molecule has 8 heteroatoms. The fourth-order valence-corrected chi connectivity index (χ4v) is 3.00. The molecule has 6 nitrogen and oxygen atoms in total. The van der Waals surface area contributed by atoms with Gasteiger partial charge >= 0.3 is 0 Å². The van der Waals surface area contributed by atoms with Crippen LogP contribution in [0.2, 0.25) is 5.02 Å². The number of nitrogens with two attached hydrogens (primary N) is 1. The van der Waals surface area contributed by atoms with Crippen LogP contribution in [0.3, 0.4) is 0 Å². The number of aryl methyl sites for hydroxylation is 1. The van der Waals surface area contributed by atoms with Gasteiger partial charge in [-0.05, 0) is 30.3 Å². The van der Waals surface area contributed by atoms with Crippen LogP contribution >= 0.6 is 35.6 Å². The van der Waals surface area contributed by atoms with Crippen LogP contribution in [0.15, 0.2) is 41.5 Å². The Labute approximate surface area is 170 Å². The van der Waals surface area contributed by atoms with Gasteiger partial charge in [0.25, 0.3) is 0 Å². The Morgan fingerprint density at radius 1 is 1.16 bits per heavy atom. The molecule has 2 aromatic rings. The molecule has 2 heterocycles. The molecule has 0 spiro atoms. The predicted molar refractivity (Wildman–Crippen MR) is 114 cm³/mol. The van der Waals surface area contributed by atoms with Crippen LogP contribution in [-0.2, 0) is 13.5 Å². The highest BCUT2D eigenvalue weighted by atomic mass is 127. The normalized spacial score (nSPS) is 15.2. The van der Waals surface area contributed by atoms with Crippen LogP contribution < -0.4 is 10.6 Å². The Bertz CT molecular complexity index is 691. The fourth-order valence-electron chi connectivity index (χ4n) is 2.88. The van der Waals surface area contributed by atoms with Crippen molar-refractivity contribution in [2.45, 2.75) is 6.42 Å². The molecule has 1 aliphatic heterocycles. The molecular weight excluding hydrogens is 451 g/mol. The van der Waals surface area contributed by atoms with Gasteiger partial charge in [0, 0.05) is 68.8 Å². The summed E-state index contributed by atoms with van der Waals surface area (Å²) in [6.07, 6.45) is 2.65. The number of rotatable bonds is 4. The molecule has 0 saturated carbocycles. The van der Waals surface area contributed by atoms with Crippen molar-refractivity contribution in [2.75, 3.05) is 37.6 Å². The number of aliphatic imine (C=N–C) groups is 1. The zero-order valence-electron chi connectivity index (χ0n) is 14.3. The first-order valence-corrected chi connectivity index (χ1v) is 8.53. The largest absolute Gasteiger partial charge is 0.370 e. The summed E-state index contributed by atoms with van der Waals surface area (Å²) in [5.41, 5.74) is 8.51. The lowest BCUT2D eigenvalue weighted by Gasteiger charge is -2.36. The molecule has 0 aliphatic carbocycles. The first-order chi connectivity index (χ1) is 11.6. The summed E-state index contributed by atoms with van der Waals surface area (Å²) < 4.78 is 1.87. The van der Waals surface area contributed by atoms with E-state index in [9.17, 15) is 0 Å². The van der Waals surface area contributed by atoms with E-state index in [1.54, 1.807) is 6.20 Å². The van der Waals surface area contributed by atoms with Gasteiger partial charge in [-0.2, -0.15) is 5.10 Å². The molecule has 1 fully saturated rings. The van der Waals surface area contributed by atoms with Gasteiger partial charge in [0.1, 0.15) is 0 Å². The Morgan fingerprint density at radius 3 is 2.44 bits per heavy atom. The van der Waals surface area contributed by atoms with Crippen LogP contribution in [0.5, 0.6) is 0 Å². The van der Waals surface area contributed by atoms with Gasteiger partial charge in [0.2, 0.25) is 0 Å². The van der Waals surface area contributed by atoms with Crippen molar-refractivity contribution < 1.29 is 0 Å². The number of halogens is 2. The maximum absolute atomic E-state index is 6.15. The minimum atomic E-state index is 0. The topological polar surface area (TPSA) is 62.7 Å².